The fourth-order valence-corrected chi connectivity index (χ4v) is 3.69. The Morgan fingerprint density at radius 1 is 1.14 bits per heavy atom. The van der Waals surface area contributed by atoms with Crippen molar-refractivity contribution >= 4 is 11.6 Å². The summed E-state index contributed by atoms with van der Waals surface area (Å²) in [5, 5.41) is 3.54. The van der Waals surface area contributed by atoms with Crippen LogP contribution in [0.4, 0.5) is 5.69 Å². The molecule has 2 aromatic carbocycles. The highest BCUT2D eigenvalue weighted by Gasteiger charge is 2.49. The first-order valence-corrected chi connectivity index (χ1v) is 7.83. The number of amides is 1. The Morgan fingerprint density at radius 2 is 1.91 bits per heavy atom. The number of hydrogen-bond acceptors (Lipinski definition) is 2. The molecule has 112 valence electrons. The first-order valence-electron chi connectivity index (χ1n) is 7.83. The molecule has 22 heavy (non-hydrogen) atoms. The van der Waals surface area contributed by atoms with E-state index in [2.05, 4.69) is 53.8 Å². The molecular weight excluding hydrogens is 272 g/mol. The van der Waals surface area contributed by atoms with E-state index in [-0.39, 0.29) is 11.3 Å². The van der Waals surface area contributed by atoms with Crippen molar-refractivity contribution in [3.8, 4) is 0 Å². The van der Waals surface area contributed by atoms with Crippen LogP contribution >= 0.6 is 0 Å². The third-order valence-corrected chi connectivity index (χ3v) is 4.96. The summed E-state index contributed by atoms with van der Waals surface area (Å²) in [7, 11) is 0. The lowest BCUT2D eigenvalue weighted by atomic mass is 9.75. The van der Waals surface area contributed by atoms with Crippen molar-refractivity contribution in [1.29, 1.82) is 0 Å². The number of rotatable bonds is 2. The Hall–Kier alpha value is -2.29. The number of nitrogens with one attached hydrogen (secondary N) is 1. The molecule has 1 saturated heterocycles. The fraction of sp³-hybridized carbons (Fsp3) is 0.316. The smallest absolute Gasteiger partial charge is 0.219 e. The monoisotopic (exact) mass is 292 g/mol. The zero-order chi connectivity index (χ0) is 15.2. The molecule has 0 bridgehead atoms. The number of nitrogens with zero attached hydrogens (tertiary/aromatic N) is 1. The Kier molecular flexibility index (Phi) is 2.96. The zero-order valence-electron chi connectivity index (χ0n) is 12.8. The van der Waals surface area contributed by atoms with Crippen LogP contribution < -0.4 is 5.32 Å². The highest BCUT2D eigenvalue weighted by Crippen LogP contribution is 2.43. The molecule has 0 saturated carbocycles. The maximum atomic E-state index is 11.4. The summed E-state index contributed by atoms with van der Waals surface area (Å²) >= 11 is 0. The normalized spacial score (nSPS) is 17.8. The summed E-state index contributed by atoms with van der Waals surface area (Å²) in [6, 6.07) is 17.3. The lowest BCUT2D eigenvalue weighted by Crippen LogP contribution is -2.61. The molecule has 0 aromatic heterocycles. The van der Waals surface area contributed by atoms with Crippen LogP contribution in [0, 0.1) is 0 Å². The van der Waals surface area contributed by atoms with Gasteiger partial charge in [-0.05, 0) is 29.2 Å². The number of hydrogen-bond donors (Lipinski definition) is 1. The van der Waals surface area contributed by atoms with E-state index in [0.29, 0.717) is 0 Å². The summed E-state index contributed by atoms with van der Waals surface area (Å²) in [5.74, 6) is 0.180. The van der Waals surface area contributed by atoms with E-state index >= 15 is 0 Å². The minimum atomic E-state index is 0.145. The van der Waals surface area contributed by atoms with Crippen LogP contribution in [0.1, 0.15) is 23.6 Å². The van der Waals surface area contributed by atoms with E-state index in [1.54, 1.807) is 6.92 Å². The number of likely N-dealkylation sites (tertiary alicyclic amines) is 1. The van der Waals surface area contributed by atoms with Gasteiger partial charge >= 0.3 is 0 Å². The molecule has 2 aliphatic rings. The first-order chi connectivity index (χ1) is 10.7. The second kappa shape index (κ2) is 4.87. The van der Waals surface area contributed by atoms with Crippen molar-refractivity contribution in [3.63, 3.8) is 0 Å². The summed E-state index contributed by atoms with van der Waals surface area (Å²) < 4.78 is 0. The Balaban J connectivity index is 1.56. The van der Waals surface area contributed by atoms with Gasteiger partial charge in [0.05, 0.1) is 0 Å². The molecule has 2 aromatic rings. The van der Waals surface area contributed by atoms with Gasteiger partial charge in [0.25, 0.3) is 0 Å². The van der Waals surface area contributed by atoms with Crippen LogP contribution in [0.15, 0.2) is 48.5 Å². The fourth-order valence-electron chi connectivity index (χ4n) is 3.69. The van der Waals surface area contributed by atoms with Gasteiger partial charge in [-0.25, -0.2) is 0 Å². The predicted molar refractivity (Wildman–Crippen MR) is 88.1 cm³/mol. The largest absolute Gasteiger partial charge is 0.384 e. The molecule has 1 spiro atoms. The quantitative estimate of drug-likeness (QED) is 0.923. The van der Waals surface area contributed by atoms with E-state index in [0.717, 1.165) is 26.1 Å². The standard InChI is InChI=1S/C19H20N2O/c1-14(22)21-12-19(13-21)11-20-18-10-16(7-8-17(18)19)9-15-5-3-2-4-6-15/h2-8,10,20H,9,11-13H2,1H3. The number of fused-ring (bicyclic) bond motifs is 2. The van der Waals surface area contributed by atoms with Crippen LogP contribution in [0.3, 0.4) is 0 Å². The van der Waals surface area contributed by atoms with Gasteiger partial charge in [-0.3, -0.25) is 4.79 Å². The minimum absolute atomic E-state index is 0.145. The van der Waals surface area contributed by atoms with E-state index in [4.69, 9.17) is 0 Å². The molecule has 0 radical (unpaired) electrons. The topological polar surface area (TPSA) is 32.3 Å². The minimum Gasteiger partial charge on any atom is -0.384 e. The van der Waals surface area contributed by atoms with E-state index in [1.807, 2.05) is 4.90 Å². The molecule has 2 aliphatic heterocycles. The third kappa shape index (κ3) is 2.08. The molecule has 3 heteroatoms. The number of carbonyl (C=O) groups excluding carboxylic acids is 1. The number of benzene rings is 2. The molecule has 0 aliphatic carbocycles. The van der Waals surface area contributed by atoms with Crippen LogP contribution in [0.2, 0.25) is 0 Å². The van der Waals surface area contributed by atoms with Crippen LogP contribution in [-0.4, -0.2) is 30.4 Å². The van der Waals surface area contributed by atoms with Crippen molar-refractivity contribution in [2.75, 3.05) is 25.0 Å². The summed E-state index contributed by atoms with van der Waals surface area (Å²) in [5.41, 5.74) is 5.43. The Labute approximate surface area is 131 Å². The van der Waals surface area contributed by atoms with Gasteiger partial charge < -0.3 is 10.2 Å². The second-order valence-electron chi connectivity index (χ2n) is 6.55. The van der Waals surface area contributed by atoms with Crippen molar-refractivity contribution < 1.29 is 4.79 Å². The van der Waals surface area contributed by atoms with Gasteiger partial charge in [-0.15, -0.1) is 0 Å². The zero-order valence-corrected chi connectivity index (χ0v) is 12.8. The summed E-state index contributed by atoms with van der Waals surface area (Å²) in [4.78, 5) is 13.4. The predicted octanol–water partition coefficient (Wildman–Crippen LogP) is 2.80. The van der Waals surface area contributed by atoms with E-state index in [9.17, 15) is 4.79 Å². The Morgan fingerprint density at radius 3 is 2.64 bits per heavy atom. The number of anilines is 1. The van der Waals surface area contributed by atoms with Crippen molar-refractivity contribution in [1.82, 2.24) is 4.90 Å². The molecule has 0 unspecified atom stereocenters. The molecule has 3 nitrogen and oxygen atoms in total. The molecule has 1 fully saturated rings. The van der Waals surface area contributed by atoms with Gasteiger partial charge in [0, 0.05) is 37.7 Å². The molecule has 1 amide bonds. The van der Waals surface area contributed by atoms with Gasteiger partial charge in [0.1, 0.15) is 0 Å². The summed E-state index contributed by atoms with van der Waals surface area (Å²) in [6.07, 6.45) is 0.961. The van der Waals surface area contributed by atoms with Gasteiger partial charge in [-0.2, -0.15) is 0 Å². The van der Waals surface area contributed by atoms with E-state index < -0.39 is 0 Å². The second-order valence-corrected chi connectivity index (χ2v) is 6.55. The summed E-state index contributed by atoms with van der Waals surface area (Å²) in [6.45, 7) is 4.29. The van der Waals surface area contributed by atoms with Crippen molar-refractivity contribution in [2.45, 2.75) is 18.8 Å². The molecule has 0 atom stereocenters. The lowest BCUT2D eigenvalue weighted by molar-refractivity contribution is -0.135. The maximum Gasteiger partial charge on any atom is 0.219 e. The molecule has 2 heterocycles. The van der Waals surface area contributed by atoms with Crippen LogP contribution in [0.25, 0.3) is 0 Å². The molecule has 1 N–H and O–H groups in total. The van der Waals surface area contributed by atoms with Crippen LogP contribution in [-0.2, 0) is 16.6 Å². The van der Waals surface area contributed by atoms with Crippen molar-refractivity contribution in [3.05, 3.63) is 65.2 Å². The molecule has 4 rings (SSSR count). The molecular formula is C19H20N2O. The average Bonchev–Trinajstić information content (AvgIpc) is 2.85. The van der Waals surface area contributed by atoms with Crippen molar-refractivity contribution in [2.24, 2.45) is 0 Å². The highest BCUT2D eigenvalue weighted by atomic mass is 16.2. The third-order valence-electron chi connectivity index (χ3n) is 4.96. The van der Waals surface area contributed by atoms with Crippen LogP contribution in [0.5, 0.6) is 0 Å². The lowest BCUT2D eigenvalue weighted by Gasteiger charge is -2.47. The maximum absolute atomic E-state index is 11.4. The average molecular weight is 292 g/mol. The van der Waals surface area contributed by atoms with Gasteiger partial charge in [0.15, 0.2) is 0 Å². The van der Waals surface area contributed by atoms with E-state index in [1.165, 1.54) is 22.4 Å². The van der Waals surface area contributed by atoms with Gasteiger partial charge in [-0.1, -0.05) is 42.5 Å². The SMILES string of the molecule is CC(=O)N1CC2(CNc3cc(Cc4ccccc4)ccc32)C1. The first kappa shape index (κ1) is 13.4. The highest BCUT2D eigenvalue weighted by molar-refractivity contribution is 5.76. The van der Waals surface area contributed by atoms with Gasteiger partial charge in [0.2, 0.25) is 5.91 Å². The Bertz CT molecular complexity index is 717. The number of carbonyl (C=O) groups is 1.